The van der Waals surface area contributed by atoms with Crippen LogP contribution in [0.2, 0.25) is 0 Å². The van der Waals surface area contributed by atoms with Crippen molar-refractivity contribution in [3.63, 3.8) is 0 Å². The fourth-order valence-corrected chi connectivity index (χ4v) is 1.96. The van der Waals surface area contributed by atoms with E-state index in [1.54, 1.807) is 12.1 Å². The summed E-state index contributed by atoms with van der Waals surface area (Å²) in [7, 11) is 0. The third-order valence-corrected chi connectivity index (χ3v) is 2.90. The van der Waals surface area contributed by atoms with E-state index in [4.69, 9.17) is 5.73 Å². The van der Waals surface area contributed by atoms with Crippen LogP contribution in [0.15, 0.2) is 30.3 Å². The Morgan fingerprint density at radius 1 is 1.44 bits per heavy atom. The molecule has 2 aromatic rings. The molecule has 18 heavy (non-hydrogen) atoms. The van der Waals surface area contributed by atoms with Crippen LogP contribution in [-0.4, -0.2) is 26.9 Å². The Morgan fingerprint density at radius 2 is 2.17 bits per heavy atom. The van der Waals surface area contributed by atoms with Gasteiger partial charge in [0.1, 0.15) is 6.10 Å². The number of hydrogen-bond acceptors (Lipinski definition) is 6. The maximum Gasteiger partial charge on any atom is 0.236 e. The molecule has 1 atom stereocenters. The molecule has 4 N–H and O–H groups in total. The number of hydrogen-bond donors (Lipinski definition) is 3. The van der Waals surface area contributed by atoms with Crippen molar-refractivity contribution in [2.75, 3.05) is 11.9 Å². The Hall–Kier alpha value is -1.99. The molecule has 94 valence electrons. The number of nitrogens with two attached hydrogens (primary N) is 1. The predicted molar refractivity (Wildman–Crippen MR) is 68.1 cm³/mol. The molecule has 0 fully saturated rings. The number of primary amides is 1. The molecule has 0 saturated heterocycles. The lowest BCUT2D eigenvalue weighted by molar-refractivity contribution is -0.116. The number of anilines is 1. The van der Waals surface area contributed by atoms with Gasteiger partial charge in [0.05, 0.1) is 6.54 Å². The number of nitrogens with one attached hydrogen (secondary N) is 1. The maximum absolute atomic E-state index is 10.6. The first-order valence-electron chi connectivity index (χ1n) is 5.25. The summed E-state index contributed by atoms with van der Waals surface area (Å²) in [6.07, 6.45) is -0.869. The van der Waals surface area contributed by atoms with Gasteiger partial charge in [-0.3, -0.25) is 4.79 Å². The lowest BCUT2D eigenvalue weighted by Crippen LogP contribution is -2.21. The number of aliphatic hydroxyl groups excluding tert-OH is 1. The summed E-state index contributed by atoms with van der Waals surface area (Å²) in [4.78, 5) is 14.7. The second-order valence-electron chi connectivity index (χ2n) is 3.59. The SMILES string of the molecule is NC(=O)CNc1nc(C(O)c2ccccc2)ns1. The van der Waals surface area contributed by atoms with Crippen molar-refractivity contribution in [2.24, 2.45) is 5.73 Å². The highest BCUT2D eigenvalue weighted by Gasteiger charge is 2.15. The van der Waals surface area contributed by atoms with Gasteiger partial charge in [-0.25, -0.2) is 4.98 Å². The maximum atomic E-state index is 10.6. The van der Waals surface area contributed by atoms with Gasteiger partial charge in [-0.05, 0) is 5.56 Å². The van der Waals surface area contributed by atoms with Gasteiger partial charge >= 0.3 is 0 Å². The summed E-state index contributed by atoms with van der Waals surface area (Å²) in [5, 5.41) is 13.2. The Labute approximate surface area is 108 Å². The molecule has 1 amide bonds. The molecule has 0 aliphatic rings. The smallest absolute Gasteiger partial charge is 0.236 e. The van der Waals surface area contributed by atoms with E-state index in [-0.39, 0.29) is 6.54 Å². The molecule has 0 saturated carbocycles. The van der Waals surface area contributed by atoms with Crippen molar-refractivity contribution in [3.05, 3.63) is 41.7 Å². The summed E-state index contributed by atoms with van der Waals surface area (Å²) in [5.74, 6) is -0.173. The van der Waals surface area contributed by atoms with E-state index in [0.717, 1.165) is 17.1 Å². The summed E-state index contributed by atoms with van der Waals surface area (Å²) >= 11 is 1.07. The second-order valence-corrected chi connectivity index (χ2v) is 4.34. The van der Waals surface area contributed by atoms with Crippen LogP contribution in [-0.2, 0) is 4.79 Å². The zero-order valence-corrected chi connectivity index (χ0v) is 10.2. The molecule has 0 aliphatic carbocycles. The van der Waals surface area contributed by atoms with Crippen LogP contribution in [0.5, 0.6) is 0 Å². The van der Waals surface area contributed by atoms with Crippen LogP contribution in [0.3, 0.4) is 0 Å². The summed E-state index contributed by atoms with van der Waals surface area (Å²) < 4.78 is 4.04. The van der Waals surface area contributed by atoms with Crippen LogP contribution in [0, 0.1) is 0 Å². The number of amides is 1. The van der Waals surface area contributed by atoms with Gasteiger partial charge in [-0.15, -0.1) is 0 Å². The zero-order chi connectivity index (χ0) is 13.0. The first-order valence-corrected chi connectivity index (χ1v) is 6.03. The van der Waals surface area contributed by atoms with Crippen molar-refractivity contribution < 1.29 is 9.90 Å². The average Bonchev–Trinajstić information content (AvgIpc) is 2.85. The van der Waals surface area contributed by atoms with Gasteiger partial charge in [-0.2, -0.15) is 4.37 Å². The Balaban J connectivity index is 2.08. The average molecular weight is 264 g/mol. The zero-order valence-electron chi connectivity index (χ0n) is 9.41. The van der Waals surface area contributed by atoms with E-state index < -0.39 is 12.0 Å². The van der Waals surface area contributed by atoms with Crippen LogP contribution in [0.1, 0.15) is 17.5 Å². The van der Waals surface area contributed by atoms with Crippen LogP contribution >= 0.6 is 11.5 Å². The minimum atomic E-state index is -0.869. The Kier molecular flexibility index (Phi) is 3.85. The molecular formula is C11H12N4O2S. The van der Waals surface area contributed by atoms with Gasteiger partial charge in [0.2, 0.25) is 11.0 Å². The highest BCUT2D eigenvalue weighted by atomic mass is 32.1. The minimum Gasteiger partial charge on any atom is -0.380 e. The first-order chi connectivity index (χ1) is 8.66. The first kappa shape index (κ1) is 12.5. The molecule has 0 aliphatic heterocycles. The van der Waals surface area contributed by atoms with E-state index in [1.165, 1.54) is 0 Å². The summed E-state index contributed by atoms with van der Waals surface area (Å²) in [6, 6.07) is 9.11. The number of aromatic nitrogens is 2. The molecule has 6 nitrogen and oxygen atoms in total. The number of aliphatic hydroxyl groups is 1. The fourth-order valence-electron chi connectivity index (χ4n) is 1.36. The normalized spacial score (nSPS) is 12.1. The van der Waals surface area contributed by atoms with Crippen molar-refractivity contribution >= 4 is 22.6 Å². The van der Waals surface area contributed by atoms with Gasteiger partial charge in [0.15, 0.2) is 5.82 Å². The number of nitrogens with zero attached hydrogens (tertiary/aromatic N) is 2. The summed E-state index contributed by atoms with van der Waals surface area (Å²) in [5.41, 5.74) is 5.72. The summed E-state index contributed by atoms with van der Waals surface area (Å²) in [6.45, 7) is -0.00390. The van der Waals surface area contributed by atoms with Gasteiger partial charge in [-0.1, -0.05) is 30.3 Å². The molecule has 1 aromatic heterocycles. The van der Waals surface area contributed by atoms with Crippen LogP contribution in [0.4, 0.5) is 5.13 Å². The third-order valence-electron chi connectivity index (χ3n) is 2.22. The van der Waals surface area contributed by atoms with E-state index in [2.05, 4.69) is 14.7 Å². The molecule has 0 spiro atoms. The van der Waals surface area contributed by atoms with Crippen molar-refractivity contribution in [1.29, 1.82) is 0 Å². The molecule has 0 radical (unpaired) electrons. The monoisotopic (exact) mass is 264 g/mol. The minimum absolute atomic E-state index is 0.00390. The lowest BCUT2D eigenvalue weighted by atomic mass is 10.1. The molecule has 0 bridgehead atoms. The number of rotatable bonds is 5. The number of carbonyl (C=O) groups is 1. The van der Waals surface area contributed by atoms with Gasteiger partial charge in [0.25, 0.3) is 0 Å². The van der Waals surface area contributed by atoms with Gasteiger partial charge in [0, 0.05) is 11.5 Å². The van der Waals surface area contributed by atoms with E-state index in [0.29, 0.717) is 11.0 Å². The number of carbonyl (C=O) groups excluding carboxylic acids is 1. The Bertz CT molecular complexity index is 529. The van der Waals surface area contributed by atoms with E-state index in [1.807, 2.05) is 18.2 Å². The second kappa shape index (κ2) is 5.56. The quantitative estimate of drug-likeness (QED) is 0.730. The molecule has 2 rings (SSSR count). The number of benzene rings is 1. The highest BCUT2D eigenvalue weighted by Crippen LogP contribution is 2.22. The molecule has 1 heterocycles. The van der Waals surface area contributed by atoms with Crippen LogP contribution in [0.25, 0.3) is 0 Å². The predicted octanol–water partition coefficient (Wildman–Crippen LogP) is 0.517. The topological polar surface area (TPSA) is 101 Å². The van der Waals surface area contributed by atoms with Crippen molar-refractivity contribution in [3.8, 4) is 0 Å². The molecule has 1 unspecified atom stereocenters. The third kappa shape index (κ3) is 3.02. The largest absolute Gasteiger partial charge is 0.380 e. The highest BCUT2D eigenvalue weighted by molar-refractivity contribution is 7.09. The molecule has 1 aromatic carbocycles. The Morgan fingerprint density at radius 3 is 2.83 bits per heavy atom. The van der Waals surface area contributed by atoms with Gasteiger partial charge < -0.3 is 16.2 Å². The standard InChI is InChI=1S/C11H12N4O2S/c12-8(16)6-13-11-14-10(15-18-11)9(17)7-4-2-1-3-5-7/h1-5,9,17H,6H2,(H2,12,16)(H,13,14,15). The van der Waals surface area contributed by atoms with E-state index >= 15 is 0 Å². The fraction of sp³-hybridized carbons (Fsp3) is 0.182. The lowest BCUT2D eigenvalue weighted by Gasteiger charge is -2.05. The molecular weight excluding hydrogens is 252 g/mol. The van der Waals surface area contributed by atoms with Crippen molar-refractivity contribution in [2.45, 2.75) is 6.10 Å². The van der Waals surface area contributed by atoms with Crippen molar-refractivity contribution in [1.82, 2.24) is 9.36 Å². The molecule has 7 heteroatoms. The van der Waals surface area contributed by atoms with E-state index in [9.17, 15) is 9.90 Å². The van der Waals surface area contributed by atoms with Crippen LogP contribution < -0.4 is 11.1 Å².